The van der Waals surface area contributed by atoms with Crippen LogP contribution in [0.15, 0.2) is 24.3 Å². The van der Waals surface area contributed by atoms with Crippen LogP contribution in [-0.2, 0) is 4.74 Å². The fraction of sp³-hybridized carbons (Fsp3) is 0.273. The molecule has 0 fully saturated rings. The molecule has 1 atom stereocenters. The minimum atomic E-state index is -0.826. The van der Waals surface area contributed by atoms with Gasteiger partial charge in [0, 0.05) is 5.56 Å². The van der Waals surface area contributed by atoms with Gasteiger partial charge in [0.15, 0.2) is 0 Å². The van der Waals surface area contributed by atoms with Crippen molar-refractivity contribution < 1.29 is 19.1 Å². The number of carbonyl (C=O) groups is 2. The summed E-state index contributed by atoms with van der Waals surface area (Å²) in [5.41, 5.74) is 5.42. The Morgan fingerprint density at radius 1 is 1.44 bits per heavy atom. The number of aldehydes is 1. The van der Waals surface area contributed by atoms with Crippen molar-refractivity contribution in [2.24, 2.45) is 5.73 Å². The van der Waals surface area contributed by atoms with Crippen LogP contribution >= 0.6 is 0 Å². The molecule has 0 aromatic heterocycles. The molecule has 2 N–H and O–H groups in total. The summed E-state index contributed by atoms with van der Waals surface area (Å²) < 4.78 is 9.99. The summed E-state index contributed by atoms with van der Waals surface area (Å²) in [5, 5.41) is 0. The minimum absolute atomic E-state index is 0.212. The average Bonchev–Trinajstić information content (AvgIpc) is 2.26. The maximum Gasteiger partial charge on any atom is 0.404 e. The maximum absolute atomic E-state index is 10.4. The van der Waals surface area contributed by atoms with E-state index in [1.165, 1.54) is 0 Å². The number of carbonyl (C=O) groups excluding carboxylic acids is 2. The molecule has 1 rings (SSSR count). The molecular weight excluding hydrogens is 210 g/mol. The van der Waals surface area contributed by atoms with Crippen LogP contribution in [0.25, 0.3) is 0 Å². The second-order valence-corrected chi connectivity index (χ2v) is 3.25. The monoisotopic (exact) mass is 223 g/mol. The van der Waals surface area contributed by atoms with Crippen molar-refractivity contribution in [2.75, 3.05) is 6.61 Å². The molecule has 1 unspecified atom stereocenters. The molecule has 0 heterocycles. The maximum atomic E-state index is 10.4. The molecule has 5 heteroatoms. The lowest BCUT2D eigenvalue weighted by atomic mass is 10.2. The molecule has 0 aliphatic rings. The lowest BCUT2D eigenvalue weighted by Gasteiger charge is -2.12. The highest BCUT2D eigenvalue weighted by Gasteiger charge is 2.06. The van der Waals surface area contributed by atoms with E-state index in [1.807, 2.05) is 0 Å². The summed E-state index contributed by atoms with van der Waals surface area (Å²) in [6, 6.07) is 6.62. The van der Waals surface area contributed by atoms with Crippen molar-refractivity contribution in [3.8, 4) is 5.75 Å². The van der Waals surface area contributed by atoms with Crippen molar-refractivity contribution >= 4 is 12.4 Å². The van der Waals surface area contributed by atoms with Gasteiger partial charge in [0.25, 0.3) is 0 Å². The van der Waals surface area contributed by atoms with Crippen molar-refractivity contribution in [3.05, 3.63) is 29.8 Å². The summed E-state index contributed by atoms with van der Waals surface area (Å²) in [5.74, 6) is 0.602. The van der Waals surface area contributed by atoms with Crippen LogP contribution in [0, 0.1) is 0 Å². The summed E-state index contributed by atoms with van der Waals surface area (Å²) in [6.45, 7) is 1.88. The van der Waals surface area contributed by atoms with E-state index < -0.39 is 12.2 Å². The molecule has 86 valence electrons. The highest BCUT2D eigenvalue weighted by molar-refractivity contribution is 5.74. The largest absolute Gasteiger partial charge is 0.490 e. The standard InChI is InChI=1S/C11H13NO4/c1-8(16-11(12)14)7-15-10-4-2-9(6-13)3-5-10/h2-6,8H,7H2,1H3,(H2,12,14). The third kappa shape index (κ3) is 4.00. The predicted octanol–water partition coefficient (Wildman–Crippen LogP) is 1.36. The van der Waals surface area contributed by atoms with E-state index in [0.29, 0.717) is 11.3 Å². The normalized spacial score (nSPS) is 11.6. The molecule has 1 aromatic rings. The molecule has 1 aromatic carbocycles. The SMILES string of the molecule is CC(COc1ccc(C=O)cc1)OC(N)=O. The molecule has 1 amide bonds. The Kier molecular flexibility index (Phi) is 4.32. The van der Waals surface area contributed by atoms with Crippen LogP contribution < -0.4 is 10.5 Å². The molecule has 0 radical (unpaired) electrons. The first-order chi connectivity index (χ1) is 7.61. The number of rotatable bonds is 5. The minimum Gasteiger partial charge on any atom is -0.490 e. The zero-order valence-electron chi connectivity index (χ0n) is 8.88. The van der Waals surface area contributed by atoms with E-state index in [2.05, 4.69) is 4.74 Å². The molecule has 0 aliphatic heterocycles. The average molecular weight is 223 g/mol. The molecule has 16 heavy (non-hydrogen) atoms. The van der Waals surface area contributed by atoms with Crippen LogP contribution in [0.1, 0.15) is 17.3 Å². The van der Waals surface area contributed by atoms with Crippen molar-refractivity contribution in [2.45, 2.75) is 13.0 Å². The van der Waals surface area contributed by atoms with E-state index in [0.717, 1.165) is 6.29 Å². The van der Waals surface area contributed by atoms with Crippen LogP contribution in [0.4, 0.5) is 4.79 Å². The molecule has 0 saturated heterocycles. The van der Waals surface area contributed by atoms with E-state index in [1.54, 1.807) is 31.2 Å². The lowest BCUT2D eigenvalue weighted by Crippen LogP contribution is -2.25. The molecular formula is C11H13NO4. The second kappa shape index (κ2) is 5.75. The summed E-state index contributed by atoms with van der Waals surface area (Å²) in [6.07, 6.45) is -0.488. The summed E-state index contributed by atoms with van der Waals surface area (Å²) in [7, 11) is 0. The van der Waals surface area contributed by atoms with Crippen molar-refractivity contribution in [1.29, 1.82) is 0 Å². The molecule has 0 saturated carbocycles. The second-order valence-electron chi connectivity index (χ2n) is 3.25. The van der Waals surface area contributed by atoms with E-state index >= 15 is 0 Å². The molecule has 0 spiro atoms. The van der Waals surface area contributed by atoms with Crippen molar-refractivity contribution in [3.63, 3.8) is 0 Å². The Balaban J connectivity index is 2.42. The summed E-state index contributed by atoms with van der Waals surface area (Å²) >= 11 is 0. The van der Waals surface area contributed by atoms with E-state index in [4.69, 9.17) is 10.5 Å². The van der Waals surface area contributed by atoms with Gasteiger partial charge in [-0.15, -0.1) is 0 Å². The van der Waals surface area contributed by atoms with Gasteiger partial charge >= 0.3 is 6.09 Å². The Bertz CT molecular complexity index is 361. The smallest absolute Gasteiger partial charge is 0.404 e. The zero-order chi connectivity index (χ0) is 12.0. The third-order valence-corrected chi connectivity index (χ3v) is 1.82. The van der Waals surface area contributed by atoms with Crippen molar-refractivity contribution in [1.82, 2.24) is 0 Å². The molecule has 0 aliphatic carbocycles. The number of hydrogen-bond acceptors (Lipinski definition) is 4. The highest BCUT2D eigenvalue weighted by atomic mass is 16.6. The van der Waals surface area contributed by atoms with Crippen LogP contribution in [0.2, 0.25) is 0 Å². The van der Waals surface area contributed by atoms with Gasteiger partial charge in [0.05, 0.1) is 0 Å². The van der Waals surface area contributed by atoms with Gasteiger partial charge < -0.3 is 15.2 Å². The van der Waals surface area contributed by atoms with Crippen LogP contribution in [0.3, 0.4) is 0 Å². The molecule has 0 bridgehead atoms. The Hall–Kier alpha value is -2.04. The van der Waals surface area contributed by atoms with Gasteiger partial charge in [-0.3, -0.25) is 4.79 Å². The van der Waals surface area contributed by atoms with Crippen LogP contribution in [-0.4, -0.2) is 25.1 Å². The van der Waals surface area contributed by atoms with Gasteiger partial charge in [-0.2, -0.15) is 0 Å². The van der Waals surface area contributed by atoms with Gasteiger partial charge in [0.1, 0.15) is 24.7 Å². The Morgan fingerprint density at radius 3 is 2.56 bits per heavy atom. The Labute approximate surface area is 93.1 Å². The third-order valence-electron chi connectivity index (χ3n) is 1.82. The number of amides is 1. The zero-order valence-corrected chi connectivity index (χ0v) is 8.88. The van der Waals surface area contributed by atoms with Gasteiger partial charge in [-0.1, -0.05) is 0 Å². The fourth-order valence-corrected chi connectivity index (χ4v) is 1.09. The first kappa shape index (κ1) is 12.0. The number of nitrogens with two attached hydrogens (primary N) is 1. The van der Waals surface area contributed by atoms with Gasteiger partial charge in [-0.25, -0.2) is 4.79 Å². The molecule has 5 nitrogen and oxygen atoms in total. The van der Waals surface area contributed by atoms with Crippen LogP contribution in [0.5, 0.6) is 5.75 Å². The lowest BCUT2D eigenvalue weighted by molar-refractivity contribution is 0.0823. The first-order valence-electron chi connectivity index (χ1n) is 4.76. The van der Waals surface area contributed by atoms with Gasteiger partial charge in [-0.05, 0) is 31.2 Å². The number of ether oxygens (including phenoxy) is 2. The quantitative estimate of drug-likeness (QED) is 0.764. The highest BCUT2D eigenvalue weighted by Crippen LogP contribution is 2.11. The van der Waals surface area contributed by atoms with E-state index in [-0.39, 0.29) is 6.61 Å². The first-order valence-corrected chi connectivity index (χ1v) is 4.76. The van der Waals surface area contributed by atoms with Gasteiger partial charge in [0.2, 0.25) is 0 Å². The predicted molar refractivity (Wildman–Crippen MR) is 57.5 cm³/mol. The fourth-order valence-electron chi connectivity index (χ4n) is 1.09. The topological polar surface area (TPSA) is 78.6 Å². The summed E-state index contributed by atoms with van der Waals surface area (Å²) in [4.78, 5) is 20.8. The number of hydrogen-bond donors (Lipinski definition) is 1. The number of primary amides is 1. The van der Waals surface area contributed by atoms with E-state index in [9.17, 15) is 9.59 Å². The number of benzene rings is 1. The Morgan fingerprint density at radius 2 is 2.06 bits per heavy atom.